The molecule has 0 atom stereocenters. The van der Waals surface area contributed by atoms with Gasteiger partial charge in [-0.2, -0.15) is 5.26 Å². The molecule has 0 aliphatic carbocycles. The number of aromatic hydroxyl groups is 1. The summed E-state index contributed by atoms with van der Waals surface area (Å²) in [7, 11) is 0. The first-order chi connectivity index (χ1) is 11.6. The molecule has 2 N–H and O–H groups in total. The number of fused-ring (bicyclic) bond motifs is 2. The Bertz CT molecular complexity index is 1200. The predicted octanol–water partition coefficient (Wildman–Crippen LogP) is 3.09. The van der Waals surface area contributed by atoms with Gasteiger partial charge in [-0.25, -0.2) is 9.98 Å². The van der Waals surface area contributed by atoms with Crippen LogP contribution in [-0.4, -0.2) is 10.1 Å². The summed E-state index contributed by atoms with van der Waals surface area (Å²) in [5.74, 6) is 0.249. The van der Waals surface area contributed by atoms with Crippen molar-refractivity contribution >= 4 is 32.4 Å². The molecular formula is C18H11BrN4O. The number of hydrogen-bond acceptors (Lipinski definition) is 4. The van der Waals surface area contributed by atoms with Crippen LogP contribution in [0.2, 0.25) is 0 Å². The summed E-state index contributed by atoms with van der Waals surface area (Å²) in [6.45, 7) is 1.98. The van der Waals surface area contributed by atoms with E-state index in [4.69, 9.17) is 0 Å². The van der Waals surface area contributed by atoms with E-state index in [2.05, 4.69) is 37.0 Å². The highest BCUT2D eigenvalue weighted by atomic mass is 79.9. The zero-order valence-electron chi connectivity index (χ0n) is 12.6. The maximum Gasteiger partial charge on any atom is 0.198 e. The van der Waals surface area contributed by atoms with Crippen molar-refractivity contribution in [2.45, 2.75) is 6.92 Å². The third kappa shape index (κ3) is 2.22. The van der Waals surface area contributed by atoms with Crippen LogP contribution in [-0.2, 0) is 0 Å². The average Bonchev–Trinajstić information content (AvgIpc) is 3.09. The Balaban J connectivity index is 2.04. The molecule has 116 valence electrons. The van der Waals surface area contributed by atoms with Gasteiger partial charge in [0.25, 0.3) is 0 Å². The summed E-state index contributed by atoms with van der Waals surface area (Å²) in [6.07, 6.45) is 0. The van der Waals surface area contributed by atoms with Crippen molar-refractivity contribution in [3.63, 3.8) is 0 Å². The Morgan fingerprint density at radius 1 is 1.17 bits per heavy atom. The summed E-state index contributed by atoms with van der Waals surface area (Å²) in [4.78, 5) is 11.8. The average molecular weight is 379 g/mol. The first-order valence-electron chi connectivity index (χ1n) is 7.26. The van der Waals surface area contributed by atoms with Gasteiger partial charge in [-0.3, -0.25) is 0 Å². The fourth-order valence-corrected chi connectivity index (χ4v) is 3.16. The lowest BCUT2D eigenvalue weighted by atomic mass is 10.1. The van der Waals surface area contributed by atoms with Gasteiger partial charge < -0.3 is 10.1 Å². The number of halogens is 1. The minimum absolute atomic E-state index is 0.0651. The lowest BCUT2D eigenvalue weighted by Gasteiger charge is -2.00. The van der Waals surface area contributed by atoms with Gasteiger partial charge in [0.1, 0.15) is 11.6 Å². The Labute approximate surface area is 145 Å². The number of nitrogens with zero attached hydrogens (tertiary/aromatic N) is 3. The van der Waals surface area contributed by atoms with Crippen LogP contribution >= 0.6 is 15.9 Å². The van der Waals surface area contributed by atoms with E-state index in [9.17, 15) is 10.4 Å². The summed E-state index contributed by atoms with van der Waals surface area (Å²) < 4.78 is 0.858. The number of aryl methyl sites for hydroxylation is 1. The van der Waals surface area contributed by atoms with E-state index >= 15 is 0 Å². The van der Waals surface area contributed by atoms with Gasteiger partial charge in [0.05, 0.1) is 16.3 Å². The summed E-state index contributed by atoms with van der Waals surface area (Å²) in [5, 5.41) is 22.2. The molecule has 0 amide bonds. The zero-order chi connectivity index (χ0) is 16.8. The van der Waals surface area contributed by atoms with Crippen LogP contribution in [0.25, 0.3) is 16.5 Å². The number of benzene rings is 2. The van der Waals surface area contributed by atoms with Crippen LogP contribution in [0.3, 0.4) is 0 Å². The van der Waals surface area contributed by atoms with Crippen molar-refractivity contribution in [1.82, 2.24) is 4.98 Å². The number of aromatic amines is 1. The lowest BCUT2D eigenvalue weighted by molar-refractivity contribution is 0.457. The second-order valence-electron chi connectivity index (χ2n) is 5.56. The van der Waals surface area contributed by atoms with E-state index in [1.807, 2.05) is 43.3 Å². The summed E-state index contributed by atoms with van der Waals surface area (Å²) >= 11 is 3.42. The number of hydrogen-bond donors (Lipinski definition) is 2. The Kier molecular flexibility index (Phi) is 3.25. The van der Waals surface area contributed by atoms with Gasteiger partial charge >= 0.3 is 0 Å². The lowest BCUT2D eigenvalue weighted by Crippen LogP contribution is -2.20. The quantitative estimate of drug-likeness (QED) is 0.637. The van der Waals surface area contributed by atoms with E-state index < -0.39 is 0 Å². The van der Waals surface area contributed by atoms with Gasteiger partial charge in [0, 0.05) is 15.4 Å². The highest BCUT2D eigenvalue weighted by molar-refractivity contribution is 9.10. The monoisotopic (exact) mass is 378 g/mol. The van der Waals surface area contributed by atoms with Crippen LogP contribution in [0.5, 0.6) is 5.88 Å². The number of nitriles is 1. The van der Waals surface area contributed by atoms with Gasteiger partial charge in [-0.1, -0.05) is 22.0 Å². The number of nitrogens with one attached hydrogen (secondary N) is 1. The largest absolute Gasteiger partial charge is 0.494 e. The topological polar surface area (TPSA) is 84.5 Å². The zero-order valence-corrected chi connectivity index (χ0v) is 14.2. The van der Waals surface area contributed by atoms with Crippen molar-refractivity contribution < 1.29 is 5.11 Å². The molecule has 0 unspecified atom stereocenters. The van der Waals surface area contributed by atoms with Gasteiger partial charge in [-0.05, 0) is 42.8 Å². The van der Waals surface area contributed by atoms with Crippen molar-refractivity contribution in [1.29, 1.82) is 5.26 Å². The molecule has 2 aromatic carbocycles. The first-order valence-corrected chi connectivity index (χ1v) is 8.05. The molecule has 24 heavy (non-hydrogen) atoms. The van der Waals surface area contributed by atoms with Gasteiger partial charge in [0.2, 0.25) is 0 Å². The molecule has 0 saturated carbocycles. The molecule has 0 bridgehead atoms. The van der Waals surface area contributed by atoms with Crippen LogP contribution in [0.4, 0.5) is 0 Å². The fraction of sp³-hybridized carbons (Fsp3) is 0.0556. The van der Waals surface area contributed by atoms with Crippen molar-refractivity contribution in [3.8, 4) is 11.9 Å². The van der Waals surface area contributed by atoms with E-state index in [1.54, 1.807) is 0 Å². The second kappa shape index (κ2) is 5.32. The molecule has 1 aromatic heterocycles. The molecule has 1 aliphatic heterocycles. The van der Waals surface area contributed by atoms with E-state index in [0.717, 1.165) is 31.7 Å². The smallest absolute Gasteiger partial charge is 0.198 e. The molecule has 2 heterocycles. The number of allylic oxidation sites excluding steroid dienone is 1. The molecular weight excluding hydrogens is 368 g/mol. The van der Waals surface area contributed by atoms with E-state index in [0.29, 0.717) is 11.4 Å². The molecule has 1 aliphatic rings. The highest BCUT2D eigenvalue weighted by Crippen LogP contribution is 2.36. The Morgan fingerprint density at radius 2 is 1.96 bits per heavy atom. The van der Waals surface area contributed by atoms with Crippen molar-refractivity contribution in [2.24, 2.45) is 9.98 Å². The Morgan fingerprint density at radius 3 is 2.75 bits per heavy atom. The third-order valence-electron chi connectivity index (χ3n) is 3.91. The standard InChI is InChI=1S/C18H11BrN4O/c1-9-2-4-14-15(6-9)22-17(21-14)12(8-20)16-11-7-10(19)3-5-13(11)23-18(16)24/h2-7,23-24H,1H3/b17-12-. The van der Waals surface area contributed by atoms with E-state index in [-0.39, 0.29) is 11.5 Å². The predicted molar refractivity (Wildman–Crippen MR) is 93.7 cm³/mol. The molecule has 0 spiro atoms. The number of H-pyrrole nitrogens is 1. The minimum Gasteiger partial charge on any atom is -0.494 e. The second-order valence-corrected chi connectivity index (χ2v) is 6.48. The number of aromatic nitrogens is 1. The first kappa shape index (κ1) is 14.7. The molecule has 0 saturated heterocycles. The van der Waals surface area contributed by atoms with Gasteiger partial charge in [0.15, 0.2) is 11.7 Å². The molecule has 5 nitrogen and oxygen atoms in total. The molecule has 0 fully saturated rings. The molecule has 6 heteroatoms. The van der Waals surface area contributed by atoms with E-state index in [1.165, 1.54) is 0 Å². The highest BCUT2D eigenvalue weighted by Gasteiger charge is 2.20. The number of rotatable bonds is 1. The normalized spacial score (nSPS) is 14.7. The molecule has 4 rings (SSSR count). The summed E-state index contributed by atoms with van der Waals surface area (Å²) in [6, 6.07) is 13.5. The third-order valence-corrected chi connectivity index (χ3v) is 4.40. The van der Waals surface area contributed by atoms with Crippen molar-refractivity contribution in [3.05, 3.63) is 68.5 Å². The molecule has 0 radical (unpaired) electrons. The maximum absolute atomic E-state index is 10.3. The Hall–Kier alpha value is -2.91. The van der Waals surface area contributed by atoms with Crippen molar-refractivity contribution in [2.75, 3.05) is 0 Å². The van der Waals surface area contributed by atoms with Crippen LogP contribution in [0, 0.1) is 18.3 Å². The van der Waals surface area contributed by atoms with Crippen LogP contribution in [0.15, 0.2) is 56.7 Å². The van der Waals surface area contributed by atoms with Crippen LogP contribution in [0.1, 0.15) is 11.1 Å². The van der Waals surface area contributed by atoms with Crippen LogP contribution < -0.4 is 10.7 Å². The van der Waals surface area contributed by atoms with Gasteiger partial charge in [-0.15, -0.1) is 0 Å². The SMILES string of the molecule is Cc1ccc2c(c1)=N/C(=C(/C#N)c1c(O)[nH]c3ccc(Br)cc13)N=2. The molecule has 3 aromatic rings. The minimum atomic E-state index is -0.0651. The maximum atomic E-state index is 10.3. The summed E-state index contributed by atoms with van der Waals surface area (Å²) in [5.41, 5.74) is 2.48. The fourth-order valence-electron chi connectivity index (χ4n) is 2.80.